The SMILES string of the molecule is Nc1cn[nH]c1C(=O)N1CCCSCC1. The molecule has 0 spiro atoms. The molecule has 6 heteroatoms. The number of nitrogens with zero attached hydrogens (tertiary/aromatic N) is 2. The predicted molar refractivity (Wildman–Crippen MR) is 60.8 cm³/mol. The van der Waals surface area contributed by atoms with Crippen molar-refractivity contribution in [2.45, 2.75) is 6.42 Å². The van der Waals surface area contributed by atoms with Gasteiger partial charge in [-0.1, -0.05) is 0 Å². The number of rotatable bonds is 1. The standard InChI is InChI=1S/C9H14N4OS/c10-7-6-11-12-8(7)9(14)13-2-1-4-15-5-3-13/h6H,1-5,10H2,(H,11,12). The van der Waals surface area contributed by atoms with Gasteiger partial charge in [-0.3, -0.25) is 9.89 Å². The zero-order valence-corrected chi connectivity index (χ0v) is 9.22. The largest absolute Gasteiger partial charge is 0.396 e. The molecule has 1 aromatic rings. The maximum atomic E-state index is 12.0. The molecule has 0 bridgehead atoms. The third-order valence-corrected chi connectivity index (χ3v) is 3.44. The first-order chi connectivity index (χ1) is 7.29. The molecule has 0 unspecified atom stereocenters. The number of hydrogen-bond donors (Lipinski definition) is 2. The third-order valence-electron chi connectivity index (χ3n) is 2.39. The number of aromatic amines is 1. The Kier molecular flexibility index (Phi) is 3.15. The Morgan fingerprint density at radius 1 is 1.53 bits per heavy atom. The van der Waals surface area contributed by atoms with E-state index in [0.29, 0.717) is 11.4 Å². The summed E-state index contributed by atoms with van der Waals surface area (Å²) >= 11 is 1.89. The van der Waals surface area contributed by atoms with Crippen LogP contribution in [0.25, 0.3) is 0 Å². The molecule has 1 aliphatic rings. The highest BCUT2D eigenvalue weighted by atomic mass is 32.2. The van der Waals surface area contributed by atoms with Gasteiger partial charge >= 0.3 is 0 Å². The zero-order chi connectivity index (χ0) is 10.7. The van der Waals surface area contributed by atoms with Crippen LogP contribution in [0.1, 0.15) is 16.9 Å². The number of thioether (sulfide) groups is 1. The van der Waals surface area contributed by atoms with Crippen LogP contribution in [0, 0.1) is 0 Å². The lowest BCUT2D eigenvalue weighted by molar-refractivity contribution is 0.0763. The molecule has 1 amide bonds. The third kappa shape index (κ3) is 2.26. The fourth-order valence-corrected chi connectivity index (χ4v) is 2.46. The molecule has 0 atom stereocenters. The van der Waals surface area contributed by atoms with Gasteiger partial charge in [0.1, 0.15) is 5.69 Å². The Morgan fingerprint density at radius 2 is 2.40 bits per heavy atom. The highest BCUT2D eigenvalue weighted by Gasteiger charge is 2.20. The van der Waals surface area contributed by atoms with Crippen LogP contribution < -0.4 is 5.73 Å². The van der Waals surface area contributed by atoms with E-state index >= 15 is 0 Å². The summed E-state index contributed by atoms with van der Waals surface area (Å²) in [6.45, 7) is 1.60. The summed E-state index contributed by atoms with van der Waals surface area (Å²) in [5.41, 5.74) is 6.49. The molecule has 0 radical (unpaired) electrons. The van der Waals surface area contributed by atoms with Crippen LogP contribution in [0.4, 0.5) is 5.69 Å². The molecule has 1 saturated heterocycles. The average molecular weight is 226 g/mol. The van der Waals surface area contributed by atoms with Crippen molar-refractivity contribution in [3.8, 4) is 0 Å². The molecule has 0 saturated carbocycles. The first-order valence-corrected chi connectivity index (χ1v) is 6.10. The fourth-order valence-electron chi connectivity index (χ4n) is 1.57. The Bertz CT molecular complexity index is 344. The minimum Gasteiger partial charge on any atom is -0.396 e. The average Bonchev–Trinajstić information content (AvgIpc) is 2.53. The topological polar surface area (TPSA) is 75.0 Å². The van der Waals surface area contributed by atoms with Gasteiger partial charge < -0.3 is 10.6 Å². The summed E-state index contributed by atoms with van der Waals surface area (Å²) in [4.78, 5) is 13.8. The van der Waals surface area contributed by atoms with Gasteiger partial charge in [0.25, 0.3) is 5.91 Å². The van der Waals surface area contributed by atoms with Gasteiger partial charge in [0.05, 0.1) is 11.9 Å². The Balaban J connectivity index is 2.09. The van der Waals surface area contributed by atoms with Gasteiger partial charge in [0.2, 0.25) is 0 Å². The Morgan fingerprint density at radius 3 is 3.13 bits per heavy atom. The van der Waals surface area contributed by atoms with Crippen LogP contribution in [0.5, 0.6) is 0 Å². The van der Waals surface area contributed by atoms with Crippen molar-refractivity contribution in [3.05, 3.63) is 11.9 Å². The number of nitrogens with one attached hydrogen (secondary N) is 1. The Hall–Kier alpha value is -1.17. The van der Waals surface area contributed by atoms with E-state index in [1.807, 2.05) is 16.7 Å². The van der Waals surface area contributed by atoms with Gasteiger partial charge in [-0.2, -0.15) is 16.9 Å². The molecule has 0 aromatic carbocycles. The molecule has 1 aromatic heterocycles. The molecule has 1 aliphatic heterocycles. The molecular formula is C9H14N4OS. The van der Waals surface area contributed by atoms with Crippen LogP contribution in [0.15, 0.2) is 6.20 Å². The number of carbonyl (C=O) groups excluding carboxylic acids is 1. The first kappa shape index (κ1) is 10.4. The predicted octanol–water partition coefficient (Wildman–Crippen LogP) is 0.571. The lowest BCUT2D eigenvalue weighted by atomic mass is 10.3. The quantitative estimate of drug-likeness (QED) is 0.734. The highest BCUT2D eigenvalue weighted by Crippen LogP contribution is 2.14. The van der Waals surface area contributed by atoms with E-state index < -0.39 is 0 Å². The van der Waals surface area contributed by atoms with Gasteiger partial charge in [0.15, 0.2) is 0 Å². The second-order valence-corrected chi connectivity index (χ2v) is 4.68. The lowest BCUT2D eigenvalue weighted by Crippen LogP contribution is -2.33. The van der Waals surface area contributed by atoms with Gasteiger partial charge in [-0.25, -0.2) is 0 Å². The summed E-state index contributed by atoms with van der Waals surface area (Å²) in [7, 11) is 0. The minimum absolute atomic E-state index is 0.0347. The Labute approximate surface area is 92.4 Å². The number of anilines is 1. The van der Waals surface area contributed by atoms with E-state index in [9.17, 15) is 4.79 Å². The number of carbonyl (C=O) groups is 1. The molecule has 2 heterocycles. The number of aromatic nitrogens is 2. The van der Waals surface area contributed by atoms with Crippen molar-refractivity contribution in [1.82, 2.24) is 15.1 Å². The van der Waals surface area contributed by atoms with E-state index in [1.54, 1.807) is 0 Å². The first-order valence-electron chi connectivity index (χ1n) is 4.95. The number of nitrogens with two attached hydrogens (primary N) is 1. The molecular weight excluding hydrogens is 212 g/mol. The normalized spacial score (nSPS) is 17.5. The van der Waals surface area contributed by atoms with Crippen LogP contribution in [0.3, 0.4) is 0 Å². The molecule has 82 valence electrons. The van der Waals surface area contributed by atoms with Crippen molar-refractivity contribution >= 4 is 23.4 Å². The number of hydrogen-bond acceptors (Lipinski definition) is 4. The summed E-state index contributed by atoms with van der Waals surface area (Å²) < 4.78 is 0. The molecule has 3 N–H and O–H groups in total. The van der Waals surface area contributed by atoms with Crippen molar-refractivity contribution in [2.75, 3.05) is 30.3 Å². The van der Waals surface area contributed by atoms with Crippen LogP contribution >= 0.6 is 11.8 Å². The maximum absolute atomic E-state index is 12.0. The number of amides is 1. The number of H-pyrrole nitrogens is 1. The second kappa shape index (κ2) is 4.57. The zero-order valence-electron chi connectivity index (χ0n) is 8.40. The van der Waals surface area contributed by atoms with Gasteiger partial charge in [-0.05, 0) is 12.2 Å². The lowest BCUT2D eigenvalue weighted by Gasteiger charge is -2.19. The monoisotopic (exact) mass is 226 g/mol. The van der Waals surface area contributed by atoms with Gasteiger partial charge in [0, 0.05) is 18.8 Å². The maximum Gasteiger partial charge on any atom is 0.274 e. The fraction of sp³-hybridized carbons (Fsp3) is 0.556. The number of nitrogen functional groups attached to an aromatic ring is 1. The smallest absolute Gasteiger partial charge is 0.274 e. The minimum atomic E-state index is -0.0347. The van der Waals surface area contributed by atoms with E-state index in [4.69, 9.17) is 5.73 Å². The van der Waals surface area contributed by atoms with Crippen molar-refractivity contribution in [2.24, 2.45) is 0 Å². The molecule has 0 aliphatic carbocycles. The molecule has 15 heavy (non-hydrogen) atoms. The van der Waals surface area contributed by atoms with Crippen molar-refractivity contribution in [3.63, 3.8) is 0 Å². The van der Waals surface area contributed by atoms with Crippen LogP contribution in [0.2, 0.25) is 0 Å². The van der Waals surface area contributed by atoms with Crippen LogP contribution in [-0.2, 0) is 0 Å². The second-order valence-electron chi connectivity index (χ2n) is 3.46. The summed E-state index contributed by atoms with van der Waals surface area (Å²) in [5.74, 6) is 2.09. The summed E-state index contributed by atoms with van der Waals surface area (Å²) in [6.07, 6.45) is 2.52. The molecule has 1 fully saturated rings. The van der Waals surface area contributed by atoms with E-state index in [2.05, 4.69) is 10.2 Å². The van der Waals surface area contributed by atoms with Crippen molar-refractivity contribution < 1.29 is 4.79 Å². The van der Waals surface area contributed by atoms with Crippen LogP contribution in [-0.4, -0.2) is 45.6 Å². The summed E-state index contributed by atoms with van der Waals surface area (Å²) in [6, 6.07) is 0. The molecule has 2 rings (SSSR count). The van der Waals surface area contributed by atoms with Crippen molar-refractivity contribution in [1.29, 1.82) is 0 Å². The van der Waals surface area contributed by atoms with E-state index in [0.717, 1.165) is 31.0 Å². The highest BCUT2D eigenvalue weighted by molar-refractivity contribution is 7.99. The van der Waals surface area contributed by atoms with E-state index in [1.165, 1.54) is 6.20 Å². The summed E-state index contributed by atoms with van der Waals surface area (Å²) in [5, 5.41) is 6.41. The van der Waals surface area contributed by atoms with E-state index in [-0.39, 0.29) is 5.91 Å². The molecule has 5 nitrogen and oxygen atoms in total. The van der Waals surface area contributed by atoms with Gasteiger partial charge in [-0.15, -0.1) is 0 Å².